The third kappa shape index (κ3) is 3.51. The van der Waals surface area contributed by atoms with Gasteiger partial charge in [0.15, 0.2) is 0 Å². The van der Waals surface area contributed by atoms with Crippen LogP contribution in [0.4, 0.5) is 0 Å². The minimum atomic E-state index is -3.62. The van der Waals surface area contributed by atoms with Gasteiger partial charge in [0.25, 0.3) is 10.2 Å². The first-order valence-corrected chi connectivity index (χ1v) is 10.2. The Morgan fingerprint density at radius 3 is 2.38 bits per heavy atom. The molecule has 1 heterocycles. The molecule has 0 unspecified atom stereocenters. The maximum absolute atomic E-state index is 12.8. The molecule has 3 aliphatic rings. The lowest BCUT2D eigenvalue weighted by Crippen LogP contribution is -2.56. The lowest BCUT2D eigenvalue weighted by molar-refractivity contribution is 0.343. The number of nitrogens with one attached hydrogen (secondary N) is 1. The summed E-state index contributed by atoms with van der Waals surface area (Å²) in [4.78, 5) is 0. The van der Waals surface area contributed by atoms with Gasteiger partial charge in [-0.1, -0.05) is 6.42 Å². The predicted octanol–water partition coefficient (Wildman–Crippen LogP) is -1.25. The molecule has 1 saturated heterocycles. The quantitative estimate of drug-likeness (QED) is 0.342. The highest BCUT2D eigenvalue weighted by Gasteiger charge is 2.65. The van der Waals surface area contributed by atoms with E-state index in [-0.39, 0.29) is 24.3 Å². The molecule has 10 heteroatoms. The molecule has 0 radical (unpaired) electrons. The summed E-state index contributed by atoms with van der Waals surface area (Å²) in [6, 6.07) is 0. The highest BCUT2D eigenvalue weighted by molar-refractivity contribution is 7.87. The molecule has 0 amide bonds. The number of nitrogens with two attached hydrogens (primary N) is 2. The minimum absolute atomic E-state index is 0.00394. The van der Waals surface area contributed by atoms with E-state index in [0.717, 1.165) is 25.7 Å². The van der Waals surface area contributed by atoms with E-state index in [1.165, 1.54) is 4.31 Å². The topological polar surface area (TPSA) is 142 Å². The van der Waals surface area contributed by atoms with Gasteiger partial charge < -0.3 is 21.5 Å². The molecule has 3 fully saturated rings. The molecular formula is C14H29BN4O4S. The number of hydrogen-bond acceptors (Lipinski definition) is 6. The molecule has 2 saturated carbocycles. The highest BCUT2D eigenvalue weighted by Crippen LogP contribution is 2.56. The maximum Gasteiger partial charge on any atom is 0.451 e. The van der Waals surface area contributed by atoms with Crippen molar-refractivity contribution >= 4 is 17.3 Å². The van der Waals surface area contributed by atoms with Crippen LogP contribution >= 0.6 is 0 Å². The van der Waals surface area contributed by atoms with Crippen LogP contribution in [-0.4, -0.2) is 59.6 Å². The standard InChI is InChI=1S/C14H29BN4O4S/c1-12(16)10-19(9-11(12)3-2-8-15(20)21)24(22,23)18-14(6-7-14)13(17)4-5-13/h11,18,20-21H,2-10,16-17H2,1H3/t11-,12-/m0/s1. The monoisotopic (exact) mass is 360 g/mol. The van der Waals surface area contributed by atoms with Crippen LogP contribution in [0.2, 0.25) is 6.32 Å². The van der Waals surface area contributed by atoms with Gasteiger partial charge in [-0.15, -0.1) is 0 Å². The summed E-state index contributed by atoms with van der Waals surface area (Å²) in [6.45, 7) is 2.49. The van der Waals surface area contributed by atoms with Gasteiger partial charge in [0, 0.05) is 24.2 Å². The lowest BCUT2D eigenvalue weighted by atomic mass is 9.79. The van der Waals surface area contributed by atoms with Crippen molar-refractivity contribution in [2.45, 2.75) is 68.4 Å². The van der Waals surface area contributed by atoms with Crippen LogP contribution in [0.1, 0.15) is 45.4 Å². The molecule has 8 nitrogen and oxygen atoms in total. The van der Waals surface area contributed by atoms with Crippen molar-refractivity contribution in [3.8, 4) is 0 Å². The van der Waals surface area contributed by atoms with Crippen molar-refractivity contribution in [1.82, 2.24) is 9.03 Å². The summed E-state index contributed by atoms with van der Waals surface area (Å²) in [7, 11) is -4.95. The van der Waals surface area contributed by atoms with Crippen LogP contribution in [-0.2, 0) is 10.2 Å². The molecule has 0 aromatic rings. The summed E-state index contributed by atoms with van der Waals surface area (Å²) in [5.74, 6) is -0.00394. The smallest absolute Gasteiger partial charge is 0.427 e. The molecular weight excluding hydrogens is 331 g/mol. The van der Waals surface area contributed by atoms with Crippen molar-refractivity contribution in [2.75, 3.05) is 13.1 Å². The van der Waals surface area contributed by atoms with E-state index < -0.39 is 28.4 Å². The van der Waals surface area contributed by atoms with Crippen LogP contribution < -0.4 is 16.2 Å². The molecule has 138 valence electrons. The summed E-state index contributed by atoms with van der Waals surface area (Å²) in [6.07, 6.45) is 4.89. The maximum atomic E-state index is 12.8. The fraction of sp³-hybridized carbons (Fsp3) is 1.00. The Morgan fingerprint density at radius 2 is 1.88 bits per heavy atom. The van der Waals surface area contributed by atoms with Gasteiger partial charge >= 0.3 is 7.12 Å². The Labute approximate surface area is 144 Å². The third-order valence-corrected chi connectivity index (χ3v) is 7.65. The Morgan fingerprint density at radius 1 is 1.25 bits per heavy atom. The van der Waals surface area contributed by atoms with Gasteiger partial charge in [-0.3, -0.25) is 0 Å². The van der Waals surface area contributed by atoms with Crippen LogP contribution in [0.5, 0.6) is 0 Å². The number of hydrogen-bond donors (Lipinski definition) is 5. The molecule has 3 rings (SSSR count). The Kier molecular flexibility index (Phi) is 4.56. The average Bonchev–Trinajstić information content (AvgIpc) is 3.34. The van der Waals surface area contributed by atoms with Crippen LogP contribution in [0.15, 0.2) is 0 Å². The van der Waals surface area contributed by atoms with Gasteiger partial charge in [-0.05, 0) is 51.3 Å². The average molecular weight is 360 g/mol. The SMILES string of the molecule is C[C@]1(N)CN(S(=O)(=O)NC2(C3(N)CC3)CC2)C[C@@H]1CCCB(O)O. The zero-order valence-corrected chi connectivity index (χ0v) is 15.1. The van der Waals surface area contributed by atoms with Gasteiger partial charge in [0.1, 0.15) is 0 Å². The van der Waals surface area contributed by atoms with Gasteiger partial charge in [0.05, 0.1) is 5.54 Å². The van der Waals surface area contributed by atoms with Gasteiger partial charge in [-0.2, -0.15) is 17.4 Å². The van der Waals surface area contributed by atoms with E-state index >= 15 is 0 Å². The molecule has 1 aliphatic heterocycles. The van der Waals surface area contributed by atoms with Crippen molar-refractivity contribution < 1.29 is 18.5 Å². The molecule has 0 aromatic carbocycles. The minimum Gasteiger partial charge on any atom is -0.427 e. The first-order valence-electron chi connectivity index (χ1n) is 8.73. The molecule has 0 bridgehead atoms. The van der Waals surface area contributed by atoms with E-state index in [1.807, 2.05) is 6.92 Å². The van der Waals surface area contributed by atoms with E-state index in [4.69, 9.17) is 21.5 Å². The largest absolute Gasteiger partial charge is 0.451 e. The molecule has 0 spiro atoms. The summed E-state index contributed by atoms with van der Waals surface area (Å²) < 4.78 is 29.9. The van der Waals surface area contributed by atoms with E-state index in [1.54, 1.807) is 0 Å². The van der Waals surface area contributed by atoms with Crippen molar-refractivity contribution in [2.24, 2.45) is 17.4 Å². The van der Waals surface area contributed by atoms with Crippen LogP contribution in [0, 0.1) is 5.92 Å². The fourth-order valence-electron chi connectivity index (χ4n) is 3.93. The zero-order chi connectivity index (χ0) is 17.8. The third-order valence-electron chi connectivity index (χ3n) is 6.04. The van der Waals surface area contributed by atoms with Gasteiger partial charge in [-0.25, -0.2) is 0 Å². The van der Waals surface area contributed by atoms with Crippen LogP contribution in [0.25, 0.3) is 0 Å². The fourth-order valence-corrected chi connectivity index (χ4v) is 5.78. The summed E-state index contributed by atoms with van der Waals surface area (Å²) in [5.41, 5.74) is 11.1. The molecule has 0 aromatic heterocycles. The van der Waals surface area contributed by atoms with Crippen LogP contribution in [0.3, 0.4) is 0 Å². The second-order valence-corrected chi connectivity index (χ2v) is 9.92. The molecule has 7 N–H and O–H groups in total. The number of nitrogens with zero attached hydrogens (tertiary/aromatic N) is 1. The second-order valence-electron chi connectivity index (χ2n) is 8.25. The highest BCUT2D eigenvalue weighted by atomic mass is 32.2. The second kappa shape index (κ2) is 5.90. The zero-order valence-electron chi connectivity index (χ0n) is 14.2. The van der Waals surface area contributed by atoms with E-state index in [2.05, 4.69) is 4.72 Å². The molecule has 2 atom stereocenters. The normalized spacial score (nSPS) is 34.3. The van der Waals surface area contributed by atoms with Crippen molar-refractivity contribution in [3.05, 3.63) is 0 Å². The Hall–Kier alpha value is -0.225. The van der Waals surface area contributed by atoms with Gasteiger partial charge in [0.2, 0.25) is 0 Å². The molecule has 2 aliphatic carbocycles. The summed E-state index contributed by atoms with van der Waals surface area (Å²) >= 11 is 0. The summed E-state index contributed by atoms with van der Waals surface area (Å²) in [5, 5.41) is 17.9. The predicted molar refractivity (Wildman–Crippen MR) is 92.1 cm³/mol. The van der Waals surface area contributed by atoms with Crippen molar-refractivity contribution in [3.63, 3.8) is 0 Å². The first kappa shape index (κ1) is 18.6. The van der Waals surface area contributed by atoms with E-state index in [9.17, 15) is 8.42 Å². The first-order chi connectivity index (χ1) is 11.0. The Balaban J connectivity index is 1.62. The van der Waals surface area contributed by atoms with Crippen molar-refractivity contribution in [1.29, 1.82) is 0 Å². The molecule has 24 heavy (non-hydrogen) atoms. The van der Waals surface area contributed by atoms with E-state index in [0.29, 0.717) is 19.4 Å². The Bertz CT molecular complexity index is 590. The number of rotatable bonds is 8. The lowest BCUT2D eigenvalue weighted by Gasteiger charge is -2.27.